The van der Waals surface area contributed by atoms with Crippen LogP contribution in [0.15, 0.2) is 71.3 Å². The molecule has 3 heterocycles. The maximum absolute atomic E-state index is 9.68. The summed E-state index contributed by atoms with van der Waals surface area (Å²) in [6, 6.07) is 22.0. The molecule has 1 aliphatic heterocycles. The van der Waals surface area contributed by atoms with Crippen LogP contribution in [-0.2, 0) is 17.9 Å². The van der Waals surface area contributed by atoms with Crippen molar-refractivity contribution in [3.8, 4) is 45.8 Å². The molecule has 0 radical (unpaired) electrons. The summed E-state index contributed by atoms with van der Waals surface area (Å²) in [6.45, 7) is 3.93. The van der Waals surface area contributed by atoms with Crippen molar-refractivity contribution in [3.05, 3.63) is 103 Å². The molecule has 0 spiro atoms. The molecule has 252 valence electrons. The SMILES string of the molecule is COc1cc(-n2ncc3c(-c4cccc(-c5nc6cc(CO)cc(C#N)c6o5)c4C)cccc32)cc(OC)c1CN(C)C1[CH-]COCC1.[CH3-].[Cs+]. The van der Waals surface area contributed by atoms with E-state index >= 15 is 0 Å². The number of aliphatic hydroxyl groups excluding tert-OH is 1. The van der Waals surface area contributed by atoms with Gasteiger partial charge in [0.05, 0.1) is 49.4 Å². The molecule has 0 saturated carbocycles. The van der Waals surface area contributed by atoms with E-state index in [0.717, 1.165) is 68.9 Å². The van der Waals surface area contributed by atoms with Crippen LogP contribution in [0.4, 0.5) is 0 Å². The second-order valence-electron chi connectivity index (χ2n) is 12.0. The summed E-state index contributed by atoms with van der Waals surface area (Å²) in [5, 5.41) is 25.1. The number of ether oxygens (including phenoxy) is 3. The Morgan fingerprint density at radius 2 is 1.78 bits per heavy atom. The zero-order chi connectivity index (χ0) is 33.4. The Hall–Kier alpha value is -3.16. The molecule has 1 N–H and O–H groups in total. The molecule has 1 aliphatic rings. The van der Waals surface area contributed by atoms with Crippen LogP contribution in [0.5, 0.6) is 11.5 Å². The average Bonchev–Trinajstić information content (AvgIpc) is 3.76. The van der Waals surface area contributed by atoms with Gasteiger partial charge in [0.25, 0.3) is 0 Å². The largest absolute Gasteiger partial charge is 1.00 e. The quantitative estimate of drug-likeness (QED) is 0.217. The zero-order valence-electron chi connectivity index (χ0n) is 29.4. The summed E-state index contributed by atoms with van der Waals surface area (Å²) >= 11 is 0. The molecule has 0 amide bonds. The molecule has 11 heteroatoms. The normalized spacial score (nSPS) is 14.3. The van der Waals surface area contributed by atoms with Crippen molar-refractivity contribution in [3.63, 3.8) is 0 Å². The number of nitriles is 1. The summed E-state index contributed by atoms with van der Waals surface area (Å²) in [6.07, 6.45) is 5.03. The summed E-state index contributed by atoms with van der Waals surface area (Å²) in [5.74, 6) is 1.88. The monoisotopic (exact) mass is 790 g/mol. The van der Waals surface area contributed by atoms with E-state index in [0.29, 0.717) is 47.3 Å². The van der Waals surface area contributed by atoms with Crippen LogP contribution >= 0.6 is 0 Å². The second-order valence-corrected chi connectivity index (χ2v) is 12.0. The summed E-state index contributed by atoms with van der Waals surface area (Å²) in [5.41, 5.74) is 8.44. The summed E-state index contributed by atoms with van der Waals surface area (Å²) in [4.78, 5) is 7.00. The van der Waals surface area contributed by atoms with Gasteiger partial charge < -0.3 is 36.1 Å². The number of methoxy groups -OCH3 is 2. The van der Waals surface area contributed by atoms with Gasteiger partial charge in [-0.05, 0) is 66.9 Å². The Kier molecular flexibility index (Phi) is 12.5. The molecule has 0 bridgehead atoms. The van der Waals surface area contributed by atoms with Gasteiger partial charge in [0, 0.05) is 36.2 Å². The Morgan fingerprint density at radius 3 is 2.46 bits per heavy atom. The van der Waals surface area contributed by atoms with Crippen molar-refractivity contribution in [2.24, 2.45) is 0 Å². The molecule has 1 saturated heterocycles. The number of oxazole rings is 1. The van der Waals surface area contributed by atoms with Crippen LogP contribution in [0, 0.1) is 32.1 Å². The molecule has 2 aromatic heterocycles. The minimum Gasteiger partial charge on any atom is -0.496 e. The first kappa shape index (κ1) is 38.1. The van der Waals surface area contributed by atoms with Gasteiger partial charge in [-0.1, -0.05) is 30.9 Å². The zero-order valence-corrected chi connectivity index (χ0v) is 35.6. The van der Waals surface area contributed by atoms with Crippen molar-refractivity contribution >= 4 is 22.0 Å². The van der Waals surface area contributed by atoms with Crippen molar-refractivity contribution in [1.29, 1.82) is 5.26 Å². The molecule has 1 unspecified atom stereocenters. The Balaban J connectivity index is 0.00000243. The van der Waals surface area contributed by atoms with E-state index in [2.05, 4.69) is 42.6 Å². The summed E-state index contributed by atoms with van der Waals surface area (Å²) in [7, 11) is 5.47. The Bertz CT molecular complexity index is 2150. The maximum Gasteiger partial charge on any atom is 1.00 e. The smallest absolute Gasteiger partial charge is 0.496 e. The van der Waals surface area contributed by atoms with E-state index in [1.165, 1.54) is 0 Å². The third kappa shape index (κ3) is 7.14. The van der Waals surface area contributed by atoms with Crippen LogP contribution < -0.4 is 78.4 Å². The number of aliphatic hydroxyl groups is 1. The van der Waals surface area contributed by atoms with Crippen molar-refractivity contribution in [1.82, 2.24) is 19.7 Å². The maximum atomic E-state index is 9.68. The van der Waals surface area contributed by atoms with Gasteiger partial charge in [-0.3, -0.25) is 6.42 Å². The molecule has 1 fully saturated rings. The predicted molar refractivity (Wildman–Crippen MR) is 189 cm³/mol. The molecule has 1 atom stereocenters. The summed E-state index contributed by atoms with van der Waals surface area (Å²) < 4.78 is 25.4. The molecule has 10 nitrogen and oxygen atoms in total. The van der Waals surface area contributed by atoms with Crippen molar-refractivity contribution < 1.29 is 92.6 Å². The third-order valence-electron chi connectivity index (χ3n) is 9.18. The number of hydrogen-bond acceptors (Lipinski definition) is 9. The fourth-order valence-electron chi connectivity index (χ4n) is 6.63. The average molecular weight is 791 g/mol. The standard InChI is InChI=1S/C38H36N5O5.CH3.Cs/c1-23-28(7-5-8-29(23)38-41-33-16-24(22-44)15-25(19-39)37(33)48-38)30-9-6-10-34-31(30)20-40-43(34)27-17-35(45-3)32(36(18-27)46-4)21-42(2)26-11-13-47-14-12-26;;/h5-11,15-18,20,26,44H,12-14,21-22H2,1-4H3;1H3;/q2*-1;+1. The number of fused-ring (bicyclic) bond motifs is 2. The minimum absolute atomic E-state index is 0. The van der Waals surface area contributed by atoms with Gasteiger partial charge in [0.2, 0.25) is 5.89 Å². The first-order valence-corrected chi connectivity index (χ1v) is 15.8. The van der Waals surface area contributed by atoms with Gasteiger partial charge >= 0.3 is 68.9 Å². The number of nitrogens with zero attached hydrogens (tertiary/aromatic N) is 5. The van der Waals surface area contributed by atoms with E-state index < -0.39 is 0 Å². The number of aromatic nitrogens is 3. The Labute approximate surface area is 351 Å². The number of rotatable bonds is 9. The van der Waals surface area contributed by atoms with E-state index in [4.69, 9.17) is 28.7 Å². The number of hydrogen-bond donors (Lipinski definition) is 1. The fraction of sp³-hybridized carbons (Fsp3) is 0.256. The van der Waals surface area contributed by atoms with Gasteiger partial charge in [0.15, 0.2) is 5.58 Å². The topological polar surface area (TPSA) is 119 Å². The molecule has 4 aromatic carbocycles. The molecular weight excluding hydrogens is 751 g/mol. The van der Waals surface area contributed by atoms with Gasteiger partial charge in [-0.2, -0.15) is 10.4 Å². The van der Waals surface area contributed by atoms with Crippen LogP contribution in [-0.4, -0.2) is 65.3 Å². The molecule has 0 aliphatic carbocycles. The van der Waals surface area contributed by atoms with E-state index in [1.54, 1.807) is 26.4 Å². The van der Waals surface area contributed by atoms with Gasteiger partial charge in [-0.25, -0.2) is 9.67 Å². The van der Waals surface area contributed by atoms with E-state index in [9.17, 15) is 10.4 Å². The van der Waals surface area contributed by atoms with Gasteiger partial charge in [-0.15, -0.1) is 6.04 Å². The fourth-order valence-corrected chi connectivity index (χ4v) is 6.63. The first-order chi connectivity index (χ1) is 23.4. The Morgan fingerprint density at radius 1 is 1.06 bits per heavy atom. The molecule has 6 aromatic rings. The van der Waals surface area contributed by atoms with Crippen molar-refractivity contribution in [2.75, 3.05) is 34.5 Å². The molecule has 7 rings (SSSR count). The molecular formula is C39H39CsN5O5-. The van der Waals surface area contributed by atoms with Crippen LogP contribution in [0.3, 0.4) is 0 Å². The number of benzene rings is 4. The minimum atomic E-state index is -0.185. The second kappa shape index (κ2) is 16.5. The van der Waals surface area contributed by atoms with E-state index in [1.807, 2.05) is 48.1 Å². The van der Waals surface area contributed by atoms with Crippen molar-refractivity contribution in [2.45, 2.75) is 32.5 Å². The van der Waals surface area contributed by atoms with Crippen LogP contribution in [0.2, 0.25) is 0 Å². The van der Waals surface area contributed by atoms with Crippen LogP contribution in [0.1, 0.15) is 28.7 Å². The van der Waals surface area contributed by atoms with E-state index in [-0.39, 0.29) is 82.9 Å². The van der Waals surface area contributed by atoms with Crippen LogP contribution in [0.25, 0.3) is 50.3 Å². The predicted octanol–water partition coefficient (Wildman–Crippen LogP) is 4.07. The molecule has 50 heavy (non-hydrogen) atoms. The third-order valence-corrected chi connectivity index (χ3v) is 9.18. The first-order valence-electron chi connectivity index (χ1n) is 15.8. The van der Waals surface area contributed by atoms with Gasteiger partial charge in [0.1, 0.15) is 23.1 Å².